The summed E-state index contributed by atoms with van der Waals surface area (Å²) >= 11 is 0. The van der Waals surface area contributed by atoms with E-state index in [0.717, 1.165) is 38.5 Å². The number of unbranched alkanes of at least 4 members (excludes halogenated alkanes) is 19. The average molecular weight is 812 g/mol. The molecule has 4 atom stereocenters. The number of hydrogen-bond donors (Lipinski definition) is 2. The van der Waals surface area contributed by atoms with Crippen molar-refractivity contribution < 1.29 is 42.3 Å². The molecule has 0 aromatic rings. The molecule has 326 valence electrons. The van der Waals surface area contributed by atoms with Gasteiger partial charge in [0.2, 0.25) is 0 Å². The predicted octanol–water partition coefficient (Wildman–Crippen LogP) is 11.9. The number of phosphoric acid groups is 1. The third-order valence-electron chi connectivity index (χ3n) is 9.95. The molecule has 1 rings (SSSR count). The van der Waals surface area contributed by atoms with E-state index in [4.69, 9.17) is 29.0 Å². The largest absolute Gasteiger partial charge is 0.472 e. The zero-order chi connectivity index (χ0) is 40.8. The number of epoxide rings is 1. The van der Waals surface area contributed by atoms with Crippen LogP contribution in [0.15, 0.2) is 36.5 Å². The molecule has 11 heteroatoms. The van der Waals surface area contributed by atoms with Crippen LogP contribution in [0.4, 0.5) is 0 Å². The second-order valence-electron chi connectivity index (χ2n) is 15.3. The lowest BCUT2D eigenvalue weighted by Crippen LogP contribution is -2.29. The van der Waals surface area contributed by atoms with Gasteiger partial charge in [-0.05, 0) is 44.9 Å². The standard InChI is InChI=1S/C45H82NO9P/c1-3-5-7-8-9-10-11-12-13-14-15-16-17-21-24-27-31-35-44(47)51-39-41(40-53-56(49,50)52-38-37-46)54-45(48)36-32-28-25-22-19-18-20-23-26-30-34-43-42(55-43)33-29-6-4-2/h18,20,22,25-26,30,41-43H,3-17,19,21,23-24,27-29,31-40,46H2,1-2H3,(H,49,50)/b20-18-,25-22-,30-26-/t41-,42?,43?/m1/s1. The molecule has 1 aliphatic heterocycles. The molecule has 10 nitrogen and oxygen atoms in total. The van der Waals surface area contributed by atoms with Crippen LogP contribution >= 0.6 is 7.82 Å². The number of rotatable bonds is 41. The second-order valence-corrected chi connectivity index (χ2v) is 16.8. The summed E-state index contributed by atoms with van der Waals surface area (Å²) in [6, 6.07) is 0. The van der Waals surface area contributed by atoms with Crippen molar-refractivity contribution in [1.82, 2.24) is 0 Å². The summed E-state index contributed by atoms with van der Waals surface area (Å²) in [5.41, 5.74) is 5.35. The fourth-order valence-corrected chi connectivity index (χ4v) is 7.25. The highest BCUT2D eigenvalue weighted by molar-refractivity contribution is 7.47. The summed E-state index contributed by atoms with van der Waals surface area (Å²) in [5, 5.41) is 0. The third-order valence-corrected chi connectivity index (χ3v) is 10.9. The van der Waals surface area contributed by atoms with Gasteiger partial charge in [-0.25, -0.2) is 4.57 Å². The lowest BCUT2D eigenvalue weighted by atomic mass is 10.0. The Morgan fingerprint density at radius 1 is 0.643 bits per heavy atom. The molecule has 0 amide bonds. The summed E-state index contributed by atoms with van der Waals surface area (Å²) in [4.78, 5) is 34.9. The van der Waals surface area contributed by atoms with Crippen molar-refractivity contribution in [3.63, 3.8) is 0 Å². The molecule has 0 bridgehead atoms. The van der Waals surface area contributed by atoms with Crippen molar-refractivity contribution >= 4 is 19.8 Å². The van der Waals surface area contributed by atoms with E-state index in [1.165, 1.54) is 116 Å². The number of nitrogens with two attached hydrogens (primary N) is 1. The molecule has 0 aromatic heterocycles. The van der Waals surface area contributed by atoms with Crippen LogP contribution in [0.3, 0.4) is 0 Å². The number of phosphoric ester groups is 1. The molecule has 0 radical (unpaired) electrons. The molecular formula is C45H82NO9P. The summed E-state index contributed by atoms with van der Waals surface area (Å²) < 4.78 is 38.5. The fourth-order valence-electron chi connectivity index (χ4n) is 6.49. The van der Waals surface area contributed by atoms with Crippen LogP contribution in [0, 0.1) is 0 Å². The van der Waals surface area contributed by atoms with E-state index in [9.17, 15) is 19.0 Å². The van der Waals surface area contributed by atoms with Crippen LogP contribution in [-0.2, 0) is 37.4 Å². The van der Waals surface area contributed by atoms with Crippen LogP contribution < -0.4 is 5.73 Å². The highest BCUT2D eigenvalue weighted by Gasteiger charge is 2.36. The van der Waals surface area contributed by atoms with E-state index >= 15 is 0 Å². The first-order valence-corrected chi connectivity index (χ1v) is 24.1. The summed E-state index contributed by atoms with van der Waals surface area (Å²) in [6.07, 6.45) is 43.6. The van der Waals surface area contributed by atoms with E-state index in [-0.39, 0.29) is 32.6 Å². The van der Waals surface area contributed by atoms with Gasteiger partial charge < -0.3 is 24.8 Å². The molecule has 1 heterocycles. The van der Waals surface area contributed by atoms with Gasteiger partial charge in [0.25, 0.3) is 0 Å². The Labute approximate surface area is 341 Å². The maximum atomic E-state index is 12.6. The molecule has 1 saturated heterocycles. The van der Waals surface area contributed by atoms with Crippen LogP contribution in [0.25, 0.3) is 0 Å². The maximum Gasteiger partial charge on any atom is 0.472 e. The molecule has 0 aliphatic carbocycles. The first kappa shape index (κ1) is 52.2. The van der Waals surface area contributed by atoms with Gasteiger partial charge in [0.05, 0.1) is 25.4 Å². The van der Waals surface area contributed by atoms with Crippen molar-refractivity contribution in [3.05, 3.63) is 36.5 Å². The molecule has 3 N–H and O–H groups in total. The topological polar surface area (TPSA) is 147 Å². The van der Waals surface area contributed by atoms with Gasteiger partial charge in [0.15, 0.2) is 6.10 Å². The van der Waals surface area contributed by atoms with Gasteiger partial charge in [0, 0.05) is 19.4 Å². The molecule has 0 spiro atoms. The average Bonchev–Trinajstić information content (AvgIpc) is 3.94. The Morgan fingerprint density at radius 2 is 1.16 bits per heavy atom. The van der Waals surface area contributed by atoms with E-state index in [1.807, 2.05) is 6.08 Å². The minimum atomic E-state index is -4.39. The minimum absolute atomic E-state index is 0.0433. The first-order valence-electron chi connectivity index (χ1n) is 22.6. The van der Waals surface area contributed by atoms with Crippen molar-refractivity contribution in [2.75, 3.05) is 26.4 Å². The van der Waals surface area contributed by atoms with Gasteiger partial charge in [-0.1, -0.05) is 172 Å². The number of carbonyl (C=O) groups excluding carboxylic acids is 2. The van der Waals surface area contributed by atoms with Crippen LogP contribution in [0.5, 0.6) is 0 Å². The number of esters is 2. The van der Waals surface area contributed by atoms with Gasteiger partial charge in [-0.15, -0.1) is 0 Å². The lowest BCUT2D eigenvalue weighted by molar-refractivity contribution is -0.161. The third kappa shape index (κ3) is 34.3. The van der Waals surface area contributed by atoms with E-state index in [0.29, 0.717) is 25.0 Å². The van der Waals surface area contributed by atoms with Crippen molar-refractivity contribution in [3.8, 4) is 0 Å². The van der Waals surface area contributed by atoms with Crippen molar-refractivity contribution in [1.29, 1.82) is 0 Å². The number of hydrogen-bond acceptors (Lipinski definition) is 9. The Morgan fingerprint density at radius 3 is 1.75 bits per heavy atom. The number of ether oxygens (including phenoxy) is 3. The minimum Gasteiger partial charge on any atom is -0.462 e. The van der Waals surface area contributed by atoms with E-state index in [2.05, 4.69) is 44.2 Å². The molecule has 1 fully saturated rings. The van der Waals surface area contributed by atoms with E-state index in [1.54, 1.807) is 0 Å². The van der Waals surface area contributed by atoms with Crippen molar-refractivity contribution in [2.45, 2.75) is 212 Å². The summed E-state index contributed by atoms with van der Waals surface area (Å²) in [5.74, 6) is -0.893. The highest BCUT2D eigenvalue weighted by Crippen LogP contribution is 2.43. The van der Waals surface area contributed by atoms with Gasteiger partial charge in [-0.2, -0.15) is 0 Å². The number of allylic oxidation sites excluding steroid dienone is 5. The Kier molecular flexibility index (Phi) is 34.9. The first-order chi connectivity index (χ1) is 27.3. The summed E-state index contributed by atoms with van der Waals surface area (Å²) in [6.45, 7) is 3.65. The maximum absolute atomic E-state index is 12.6. The van der Waals surface area contributed by atoms with Crippen LogP contribution in [-0.4, -0.2) is 61.5 Å². The SMILES string of the molecule is CCCCCCCCCCCCCCCCCCCC(=O)OC[C@H](COP(=O)(O)OCCN)OC(=O)CCC/C=C\C/C=C\C/C=C\CC1OC1CCCCC. The monoisotopic (exact) mass is 812 g/mol. The molecule has 56 heavy (non-hydrogen) atoms. The second kappa shape index (κ2) is 37.5. The molecule has 3 unspecified atom stereocenters. The zero-order valence-corrected chi connectivity index (χ0v) is 36.5. The van der Waals surface area contributed by atoms with Crippen LogP contribution in [0.2, 0.25) is 0 Å². The molecule has 0 aromatic carbocycles. The highest BCUT2D eigenvalue weighted by atomic mass is 31.2. The quantitative estimate of drug-likeness (QED) is 0.0201. The Hall–Kier alpha value is -1.81. The van der Waals surface area contributed by atoms with E-state index < -0.39 is 32.5 Å². The fraction of sp³-hybridized carbons (Fsp3) is 0.822. The molecule has 0 saturated carbocycles. The van der Waals surface area contributed by atoms with Gasteiger partial charge in [-0.3, -0.25) is 18.6 Å². The lowest BCUT2D eigenvalue weighted by Gasteiger charge is -2.19. The van der Waals surface area contributed by atoms with Crippen LogP contribution in [0.1, 0.15) is 194 Å². The predicted molar refractivity (Wildman–Crippen MR) is 228 cm³/mol. The smallest absolute Gasteiger partial charge is 0.462 e. The zero-order valence-electron chi connectivity index (χ0n) is 35.6. The Bertz CT molecular complexity index is 1080. The summed E-state index contributed by atoms with van der Waals surface area (Å²) in [7, 11) is -4.39. The van der Waals surface area contributed by atoms with Gasteiger partial charge >= 0.3 is 19.8 Å². The molecular weight excluding hydrogens is 729 g/mol. The number of carbonyl (C=O) groups is 2. The van der Waals surface area contributed by atoms with Crippen molar-refractivity contribution in [2.24, 2.45) is 5.73 Å². The van der Waals surface area contributed by atoms with Gasteiger partial charge in [0.1, 0.15) is 6.61 Å². The molecule has 1 aliphatic rings. The Balaban J connectivity index is 2.19. The normalized spacial score (nSPS) is 17.2.